The lowest BCUT2D eigenvalue weighted by Crippen LogP contribution is -1.90. The summed E-state index contributed by atoms with van der Waals surface area (Å²) >= 11 is 0. The molecule has 0 aromatic carbocycles. The summed E-state index contributed by atoms with van der Waals surface area (Å²) in [6.07, 6.45) is 8.52. The van der Waals surface area contributed by atoms with E-state index in [0.29, 0.717) is 0 Å². The first-order chi connectivity index (χ1) is 6.43. The molecule has 0 saturated carbocycles. The van der Waals surface area contributed by atoms with Crippen molar-refractivity contribution in [1.82, 2.24) is 4.98 Å². The van der Waals surface area contributed by atoms with Crippen molar-refractivity contribution in [2.75, 3.05) is 13.7 Å². The van der Waals surface area contributed by atoms with Gasteiger partial charge in [-0.3, -0.25) is 4.98 Å². The van der Waals surface area contributed by atoms with Gasteiger partial charge in [0.2, 0.25) is 0 Å². The van der Waals surface area contributed by atoms with Gasteiger partial charge < -0.3 is 4.74 Å². The fourth-order valence-electron chi connectivity index (χ4n) is 1.30. The van der Waals surface area contributed by atoms with E-state index in [2.05, 4.69) is 11.1 Å². The van der Waals surface area contributed by atoms with Crippen LogP contribution in [0.4, 0.5) is 0 Å². The molecule has 0 unspecified atom stereocenters. The maximum absolute atomic E-state index is 4.98. The number of unbranched alkanes of at least 4 members (excludes halogenated alkanes) is 2. The molecule has 0 amide bonds. The van der Waals surface area contributed by atoms with Crippen molar-refractivity contribution in [3.63, 3.8) is 0 Å². The molecular formula is C11H19Cl2NO. The van der Waals surface area contributed by atoms with Gasteiger partial charge in [-0.15, -0.1) is 24.8 Å². The molecule has 0 aliphatic heterocycles. The van der Waals surface area contributed by atoms with Gasteiger partial charge >= 0.3 is 0 Å². The highest BCUT2D eigenvalue weighted by atomic mass is 35.5. The van der Waals surface area contributed by atoms with Crippen molar-refractivity contribution in [3.05, 3.63) is 30.1 Å². The first-order valence-corrected chi connectivity index (χ1v) is 4.81. The van der Waals surface area contributed by atoms with Gasteiger partial charge in [0.05, 0.1) is 0 Å². The van der Waals surface area contributed by atoms with Crippen LogP contribution in [0.15, 0.2) is 24.5 Å². The summed E-state index contributed by atoms with van der Waals surface area (Å²) in [5, 5.41) is 0. The Morgan fingerprint density at radius 1 is 1.20 bits per heavy atom. The summed E-state index contributed by atoms with van der Waals surface area (Å²) in [7, 11) is 1.75. The van der Waals surface area contributed by atoms with E-state index in [9.17, 15) is 0 Å². The maximum Gasteiger partial charge on any atom is 0.0462 e. The number of halogens is 2. The van der Waals surface area contributed by atoms with Crippen molar-refractivity contribution in [1.29, 1.82) is 0 Å². The predicted molar refractivity (Wildman–Crippen MR) is 68.2 cm³/mol. The van der Waals surface area contributed by atoms with E-state index in [0.717, 1.165) is 19.4 Å². The molecule has 0 bridgehead atoms. The number of methoxy groups -OCH3 is 1. The molecule has 1 aromatic heterocycles. The largest absolute Gasteiger partial charge is 0.385 e. The monoisotopic (exact) mass is 251 g/mol. The SMILES string of the molecule is COCCCCCc1cccnc1.Cl.Cl. The van der Waals surface area contributed by atoms with E-state index in [1.54, 1.807) is 7.11 Å². The van der Waals surface area contributed by atoms with E-state index in [4.69, 9.17) is 4.74 Å². The highest BCUT2D eigenvalue weighted by Crippen LogP contribution is 2.04. The minimum atomic E-state index is 0. The van der Waals surface area contributed by atoms with Crippen LogP contribution in [-0.4, -0.2) is 18.7 Å². The zero-order chi connectivity index (χ0) is 9.36. The van der Waals surface area contributed by atoms with Gasteiger partial charge in [0.25, 0.3) is 0 Å². The predicted octanol–water partition coefficient (Wildman–Crippen LogP) is 3.28. The Morgan fingerprint density at radius 2 is 2.00 bits per heavy atom. The van der Waals surface area contributed by atoms with Crippen molar-refractivity contribution >= 4 is 24.8 Å². The molecule has 0 aliphatic rings. The number of hydrogen-bond donors (Lipinski definition) is 0. The average molecular weight is 252 g/mol. The number of hydrogen-bond acceptors (Lipinski definition) is 2. The van der Waals surface area contributed by atoms with Crippen LogP contribution in [0.3, 0.4) is 0 Å². The van der Waals surface area contributed by atoms with Crippen molar-refractivity contribution in [2.45, 2.75) is 25.7 Å². The highest BCUT2D eigenvalue weighted by Gasteiger charge is 1.92. The summed E-state index contributed by atoms with van der Waals surface area (Å²) in [4.78, 5) is 4.08. The Balaban J connectivity index is 0. The van der Waals surface area contributed by atoms with Gasteiger partial charge in [-0.1, -0.05) is 12.5 Å². The molecule has 0 spiro atoms. The van der Waals surface area contributed by atoms with Gasteiger partial charge in [-0.2, -0.15) is 0 Å². The van der Waals surface area contributed by atoms with E-state index in [-0.39, 0.29) is 24.8 Å². The van der Waals surface area contributed by atoms with Crippen LogP contribution in [0.5, 0.6) is 0 Å². The molecule has 1 aromatic rings. The number of nitrogens with zero attached hydrogens (tertiary/aromatic N) is 1. The molecular weight excluding hydrogens is 233 g/mol. The topological polar surface area (TPSA) is 22.1 Å². The third-order valence-corrected chi connectivity index (χ3v) is 2.04. The van der Waals surface area contributed by atoms with E-state index in [1.807, 2.05) is 18.5 Å². The zero-order valence-electron chi connectivity index (χ0n) is 9.02. The summed E-state index contributed by atoms with van der Waals surface area (Å²) in [5.74, 6) is 0. The average Bonchev–Trinajstić information content (AvgIpc) is 2.19. The van der Waals surface area contributed by atoms with Crippen LogP contribution < -0.4 is 0 Å². The van der Waals surface area contributed by atoms with Gasteiger partial charge in [0.15, 0.2) is 0 Å². The number of aromatic nitrogens is 1. The lowest BCUT2D eigenvalue weighted by molar-refractivity contribution is 0.192. The molecule has 0 aliphatic carbocycles. The Kier molecular flexibility index (Phi) is 13.4. The molecule has 4 heteroatoms. The molecule has 1 rings (SSSR count). The minimum Gasteiger partial charge on any atom is -0.385 e. The van der Waals surface area contributed by atoms with Crippen LogP contribution in [0.1, 0.15) is 24.8 Å². The number of rotatable bonds is 6. The third kappa shape index (κ3) is 8.67. The smallest absolute Gasteiger partial charge is 0.0462 e. The fourth-order valence-corrected chi connectivity index (χ4v) is 1.30. The first kappa shape index (κ1) is 17.1. The van der Waals surface area contributed by atoms with E-state index < -0.39 is 0 Å². The van der Waals surface area contributed by atoms with E-state index in [1.165, 1.54) is 18.4 Å². The summed E-state index contributed by atoms with van der Waals surface area (Å²) in [6.45, 7) is 0.882. The van der Waals surface area contributed by atoms with Gasteiger partial charge in [-0.05, 0) is 30.9 Å². The lowest BCUT2D eigenvalue weighted by Gasteiger charge is -2.00. The molecule has 15 heavy (non-hydrogen) atoms. The van der Waals surface area contributed by atoms with Crippen LogP contribution >= 0.6 is 24.8 Å². The number of aryl methyl sites for hydroxylation is 1. The Morgan fingerprint density at radius 3 is 2.60 bits per heavy atom. The van der Waals surface area contributed by atoms with Crippen LogP contribution in [-0.2, 0) is 11.2 Å². The standard InChI is InChI=1S/C11H17NO.2ClH/c1-13-9-4-2-3-6-11-7-5-8-12-10-11;;/h5,7-8,10H,2-4,6,9H2,1H3;2*1H. The molecule has 0 radical (unpaired) electrons. The fraction of sp³-hybridized carbons (Fsp3) is 0.545. The number of ether oxygens (including phenoxy) is 1. The lowest BCUT2D eigenvalue weighted by atomic mass is 10.1. The zero-order valence-corrected chi connectivity index (χ0v) is 10.6. The first-order valence-electron chi connectivity index (χ1n) is 4.81. The second-order valence-electron chi connectivity index (χ2n) is 3.16. The summed E-state index contributed by atoms with van der Waals surface area (Å²) in [6, 6.07) is 4.12. The number of pyridine rings is 1. The Labute approximate surface area is 104 Å². The second-order valence-corrected chi connectivity index (χ2v) is 3.16. The highest BCUT2D eigenvalue weighted by molar-refractivity contribution is 5.85. The molecule has 2 nitrogen and oxygen atoms in total. The van der Waals surface area contributed by atoms with Crippen molar-refractivity contribution in [3.8, 4) is 0 Å². The molecule has 0 atom stereocenters. The minimum absolute atomic E-state index is 0. The molecule has 1 heterocycles. The van der Waals surface area contributed by atoms with Crippen LogP contribution in [0.2, 0.25) is 0 Å². The molecule has 0 N–H and O–H groups in total. The third-order valence-electron chi connectivity index (χ3n) is 2.04. The summed E-state index contributed by atoms with van der Waals surface area (Å²) < 4.78 is 4.98. The molecule has 0 saturated heterocycles. The van der Waals surface area contributed by atoms with Crippen LogP contribution in [0, 0.1) is 0 Å². The quantitative estimate of drug-likeness (QED) is 0.725. The maximum atomic E-state index is 4.98. The summed E-state index contributed by atoms with van der Waals surface area (Å²) in [5.41, 5.74) is 1.33. The van der Waals surface area contributed by atoms with Gasteiger partial charge in [0.1, 0.15) is 0 Å². The molecule has 88 valence electrons. The van der Waals surface area contributed by atoms with Crippen molar-refractivity contribution in [2.24, 2.45) is 0 Å². The van der Waals surface area contributed by atoms with Gasteiger partial charge in [-0.25, -0.2) is 0 Å². The van der Waals surface area contributed by atoms with Crippen LogP contribution in [0.25, 0.3) is 0 Å². The van der Waals surface area contributed by atoms with Gasteiger partial charge in [0, 0.05) is 26.1 Å². The Bertz CT molecular complexity index is 219. The second kappa shape index (κ2) is 11.8. The Hall–Kier alpha value is -0.310. The molecule has 0 fully saturated rings. The normalized spacial score (nSPS) is 8.87. The van der Waals surface area contributed by atoms with Crippen molar-refractivity contribution < 1.29 is 4.74 Å². The van der Waals surface area contributed by atoms with E-state index >= 15 is 0 Å².